The van der Waals surface area contributed by atoms with Gasteiger partial charge in [0.2, 0.25) is 0 Å². The second-order valence-electron chi connectivity index (χ2n) is 11.1. The van der Waals surface area contributed by atoms with Gasteiger partial charge < -0.3 is 19.9 Å². The molecule has 11 heteroatoms. The van der Waals surface area contributed by atoms with Crippen LogP contribution in [-0.4, -0.2) is 76.3 Å². The van der Waals surface area contributed by atoms with Gasteiger partial charge in [0.25, 0.3) is 0 Å². The Bertz CT molecular complexity index is 1640. The Balaban J connectivity index is 1.38. The van der Waals surface area contributed by atoms with Gasteiger partial charge in [-0.3, -0.25) is 9.88 Å². The van der Waals surface area contributed by atoms with Crippen molar-refractivity contribution in [1.29, 1.82) is 0 Å². The highest BCUT2D eigenvalue weighted by molar-refractivity contribution is 7.71. The van der Waals surface area contributed by atoms with Crippen LogP contribution in [0.2, 0.25) is 0 Å². The third kappa shape index (κ3) is 4.23. The highest BCUT2D eigenvalue weighted by atomic mass is 32.1. The number of ether oxygens (including phenoxy) is 1. The molecule has 0 spiro atoms. The number of fused-ring (bicyclic) bond motifs is 4. The molecule has 6 heterocycles. The largest absolute Gasteiger partial charge is 0.462 e. The Labute approximate surface area is 229 Å². The monoisotopic (exact) mass is 549 g/mol. The van der Waals surface area contributed by atoms with Crippen molar-refractivity contribution in [2.75, 3.05) is 38.2 Å². The summed E-state index contributed by atoms with van der Waals surface area (Å²) >= 11 is 5.37. The van der Waals surface area contributed by atoms with E-state index in [1.165, 1.54) is 6.07 Å². The van der Waals surface area contributed by atoms with Gasteiger partial charge in [-0.15, -0.1) is 0 Å². The Kier molecular flexibility index (Phi) is 5.98. The van der Waals surface area contributed by atoms with E-state index in [1.54, 1.807) is 24.4 Å². The number of rotatable bonds is 5. The lowest BCUT2D eigenvalue weighted by atomic mass is 9.92. The van der Waals surface area contributed by atoms with Crippen molar-refractivity contribution in [2.45, 2.75) is 37.9 Å². The average Bonchev–Trinajstić information content (AvgIpc) is 3.25. The third-order valence-electron chi connectivity index (χ3n) is 8.41. The topological polar surface area (TPSA) is 82.2 Å². The van der Waals surface area contributed by atoms with Crippen LogP contribution in [0.4, 0.5) is 14.6 Å². The van der Waals surface area contributed by atoms with E-state index in [4.69, 9.17) is 21.9 Å². The first-order chi connectivity index (χ1) is 18.9. The number of hydrogen-bond donors (Lipinski definition) is 2. The number of nitrogens with one attached hydrogen (secondary N) is 2. The summed E-state index contributed by atoms with van der Waals surface area (Å²) in [6.45, 7) is 5.12. The van der Waals surface area contributed by atoms with E-state index in [-0.39, 0.29) is 34.3 Å². The van der Waals surface area contributed by atoms with Gasteiger partial charge in [-0.25, -0.2) is 8.78 Å². The molecule has 0 saturated carbocycles. The molecule has 3 aliphatic rings. The maximum Gasteiger partial charge on any atom is 0.319 e. The summed E-state index contributed by atoms with van der Waals surface area (Å²) in [6, 6.07) is 7.43. The van der Waals surface area contributed by atoms with E-state index < -0.39 is 11.6 Å². The zero-order chi connectivity index (χ0) is 26.8. The molecule has 4 atom stereocenters. The summed E-state index contributed by atoms with van der Waals surface area (Å²) in [5.74, 6) is -0.0545. The van der Waals surface area contributed by atoms with E-state index >= 15 is 4.39 Å². The molecule has 4 aromatic rings. The van der Waals surface area contributed by atoms with E-state index in [2.05, 4.69) is 44.0 Å². The van der Waals surface area contributed by atoms with E-state index in [0.29, 0.717) is 45.8 Å². The van der Waals surface area contributed by atoms with Crippen LogP contribution in [0.3, 0.4) is 0 Å². The highest BCUT2D eigenvalue weighted by Crippen LogP contribution is 2.36. The van der Waals surface area contributed by atoms with E-state index in [9.17, 15) is 4.39 Å². The molecule has 3 aromatic heterocycles. The maximum absolute atomic E-state index is 16.4. The fraction of sp³-hybridized carbons (Fsp3) is 0.429. The molecular formula is C28H29F2N7OS. The van der Waals surface area contributed by atoms with Crippen molar-refractivity contribution < 1.29 is 13.5 Å². The molecule has 3 saturated heterocycles. The van der Waals surface area contributed by atoms with Crippen LogP contribution < -0.4 is 15.0 Å². The Morgan fingerprint density at radius 2 is 1.92 bits per heavy atom. The summed E-state index contributed by atoms with van der Waals surface area (Å²) < 4.78 is 37.8. The molecule has 3 aliphatic heterocycles. The number of nitrogens with zero attached hydrogens (tertiary/aromatic N) is 5. The molecule has 2 bridgehead atoms. The number of piperazine rings is 1. The third-order valence-corrected chi connectivity index (χ3v) is 8.63. The van der Waals surface area contributed by atoms with Gasteiger partial charge in [0.05, 0.1) is 11.1 Å². The standard InChI is InChI=1S/C28H29F2N7OS/c1-14-10-36(2)20(14)13-38-28-34-24-18(27(35-28)37-11-16-6-7-17(12-37)32-16)9-31-26(23(24)30)25-22-15(8-21(39)33-25)4-3-5-19(22)29/h3-5,8-9,14,16-17,20,32H,6-7,10-13H2,1-2H3,(H,33,39)/t14-,16?,17?,20-/m1/s1. The van der Waals surface area contributed by atoms with Crippen molar-refractivity contribution in [3.05, 3.63) is 46.7 Å². The molecule has 7 rings (SSSR count). The minimum Gasteiger partial charge on any atom is -0.462 e. The van der Waals surface area contributed by atoms with Crippen molar-refractivity contribution in [3.63, 3.8) is 0 Å². The summed E-state index contributed by atoms with van der Waals surface area (Å²) in [4.78, 5) is 21.2. The Hall–Kier alpha value is -3.28. The maximum atomic E-state index is 16.4. The van der Waals surface area contributed by atoms with Gasteiger partial charge in [0.15, 0.2) is 5.82 Å². The van der Waals surface area contributed by atoms with Gasteiger partial charge in [-0.1, -0.05) is 31.3 Å². The molecule has 39 heavy (non-hydrogen) atoms. The first kappa shape index (κ1) is 24.7. The Morgan fingerprint density at radius 1 is 1.13 bits per heavy atom. The molecule has 0 amide bonds. The fourth-order valence-electron chi connectivity index (χ4n) is 6.40. The second kappa shape index (κ2) is 9.42. The van der Waals surface area contributed by atoms with Crippen LogP contribution >= 0.6 is 12.2 Å². The van der Waals surface area contributed by atoms with Gasteiger partial charge in [-0.2, -0.15) is 9.97 Å². The zero-order valence-electron chi connectivity index (χ0n) is 21.7. The fourth-order valence-corrected chi connectivity index (χ4v) is 6.63. The predicted octanol–water partition coefficient (Wildman–Crippen LogP) is 4.45. The molecule has 8 nitrogen and oxygen atoms in total. The van der Waals surface area contributed by atoms with Crippen LogP contribution in [-0.2, 0) is 0 Å². The minimum absolute atomic E-state index is 0.0485. The van der Waals surface area contributed by atoms with Crippen molar-refractivity contribution >= 4 is 39.7 Å². The van der Waals surface area contributed by atoms with Gasteiger partial charge in [0.1, 0.15) is 34.1 Å². The smallest absolute Gasteiger partial charge is 0.319 e. The van der Waals surface area contributed by atoms with Crippen LogP contribution in [0.5, 0.6) is 6.01 Å². The van der Waals surface area contributed by atoms with Crippen LogP contribution in [0.25, 0.3) is 33.1 Å². The number of aromatic amines is 1. The summed E-state index contributed by atoms with van der Waals surface area (Å²) in [5, 5.41) is 4.92. The highest BCUT2D eigenvalue weighted by Gasteiger charge is 2.35. The van der Waals surface area contributed by atoms with E-state index in [0.717, 1.165) is 32.5 Å². The zero-order valence-corrected chi connectivity index (χ0v) is 22.6. The number of anilines is 1. The normalized spacial score (nSPS) is 24.9. The number of aromatic nitrogens is 4. The van der Waals surface area contributed by atoms with E-state index in [1.807, 2.05) is 0 Å². The number of benzene rings is 1. The van der Waals surface area contributed by atoms with Crippen LogP contribution in [0.15, 0.2) is 30.5 Å². The quantitative estimate of drug-likeness (QED) is 0.354. The average molecular weight is 550 g/mol. The molecule has 0 aliphatic carbocycles. The first-order valence-corrected chi connectivity index (χ1v) is 13.8. The van der Waals surface area contributed by atoms with Crippen molar-refractivity contribution in [3.8, 4) is 17.4 Å². The lowest BCUT2D eigenvalue weighted by Gasteiger charge is -2.43. The summed E-state index contributed by atoms with van der Waals surface area (Å²) in [7, 11) is 2.06. The van der Waals surface area contributed by atoms with Crippen molar-refractivity contribution in [2.24, 2.45) is 5.92 Å². The molecular weight excluding hydrogens is 520 g/mol. The number of likely N-dealkylation sites (N-methyl/N-ethyl adjacent to an activating group) is 1. The molecule has 0 radical (unpaired) electrons. The second-order valence-corrected chi connectivity index (χ2v) is 11.5. The lowest BCUT2D eigenvalue weighted by molar-refractivity contribution is 0.0159. The molecule has 2 N–H and O–H groups in total. The SMILES string of the molecule is C[C@@H]1CN(C)[C@@H]1COc1nc(N2CC3CCC(C2)N3)c2cnc(-c3[nH]c(=S)cc4cccc(F)c34)c(F)c2n1. The summed E-state index contributed by atoms with van der Waals surface area (Å²) in [6.07, 6.45) is 3.78. The number of likely N-dealkylation sites (tertiary alicyclic amines) is 1. The van der Waals surface area contributed by atoms with Gasteiger partial charge >= 0.3 is 6.01 Å². The van der Waals surface area contributed by atoms with Crippen LogP contribution in [0, 0.1) is 22.2 Å². The first-order valence-electron chi connectivity index (χ1n) is 13.4. The summed E-state index contributed by atoms with van der Waals surface area (Å²) in [5.41, 5.74) is 0.226. The predicted molar refractivity (Wildman–Crippen MR) is 149 cm³/mol. The number of pyridine rings is 2. The molecule has 2 unspecified atom stereocenters. The lowest BCUT2D eigenvalue weighted by Crippen LogP contribution is -2.55. The number of hydrogen-bond acceptors (Lipinski definition) is 8. The molecule has 3 fully saturated rings. The molecule has 1 aromatic carbocycles. The van der Waals surface area contributed by atoms with Crippen molar-refractivity contribution in [1.82, 2.24) is 30.2 Å². The van der Waals surface area contributed by atoms with Gasteiger partial charge in [-0.05, 0) is 43.3 Å². The number of H-pyrrole nitrogens is 1. The number of halogens is 2. The minimum atomic E-state index is -0.672. The Morgan fingerprint density at radius 3 is 2.67 bits per heavy atom. The van der Waals surface area contributed by atoms with Gasteiger partial charge in [0, 0.05) is 49.3 Å². The molecule has 202 valence electrons. The van der Waals surface area contributed by atoms with Crippen LogP contribution in [0.1, 0.15) is 19.8 Å².